The molecular formula is C16H13BrN2O. The van der Waals surface area contributed by atoms with Crippen LogP contribution in [0.2, 0.25) is 0 Å². The quantitative estimate of drug-likeness (QED) is 0.799. The third kappa shape index (κ3) is 1.58. The Kier molecular flexibility index (Phi) is 2.69. The molecule has 1 fully saturated rings. The second-order valence-electron chi connectivity index (χ2n) is 5.10. The fourth-order valence-corrected chi connectivity index (χ4v) is 3.68. The molecule has 0 bridgehead atoms. The van der Waals surface area contributed by atoms with E-state index in [1.165, 1.54) is 11.1 Å². The molecule has 2 aliphatic rings. The molecule has 2 heterocycles. The van der Waals surface area contributed by atoms with Crippen molar-refractivity contribution in [3.8, 4) is 0 Å². The molecule has 1 amide bonds. The number of amides is 1. The van der Waals surface area contributed by atoms with Crippen LogP contribution in [0.15, 0.2) is 53.0 Å². The van der Waals surface area contributed by atoms with Crippen molar-refractivity contribution in [1.82, 2.24) is 5.01 Å². The van der Waals surface area contributed by atoms with Crippen LogP contribution in [0.5, 0.6) is 0 Å². The fraction of sp³-hybridized carbons (Fsp3) is 0.188. The van der Waals surface area contributed by atoms with E-state index >= 15 is 0 Å². The molecule has 20 heavy (non-hydrogen) atoms. The topological polar surface area (TPSA) is 23.6 Å². The third-order valence-corrected chi connectivity index (χ3v) is 4.73. The van der Waals surface area contributed by atoms with Gasteiger partial charge in [0.15, 0.2) is 0 Å². The minimum Gasteiger partial charge on any atom is -0.273 e. The van der Waals surface area contributed by atoms with Crippen LogP contribution < -0.4 is 5.01 Å². The van der Waals surface area contributed by atoms with E-state index in [1.807, 2.05) is 35.3 Å². The molecular weight excluding hydrogens is 316 g/mol. The van der Waals surface area contributed by atoms with Gasteiger partial charge in [-0.1, -0.05) is 52.3 Å². The monoisotopic (exact) mass is 328 g/mol. The van der Waals surface area contributed by atoms with Gasteiger partial charge in [-0.05, 0) is 17.7 Å². The van der Waals surface area contributed by atoms with Gasteiger partial charge < -0.3 is 0 Å². The van der Waals surface area contributed by atoms with E-state index in [0.717, 1.165) is 16.7 Å². The largest absolute Gasteiger partial charge is 0.273 e. The Morgan fingerprint density at radius 1 is 1.00 bits per heavy atom. The SMILES string of the molecule is O=C1CCN2C(c3ccccc3Br)c3ccccc3N12. The summed E-state index contributed by atoms with van der Waals surface area (Å²) >= 11 is 3.64. The molecule has 1 saturated heterocycles. The van der Waals surface area contributed by atoms with Gasteiger partial charge in [0, 0.05) is 23.0 Å². The first-order chi connectivity index (χ1) is 9.77. The predicted molar refractivity (Wildman–Crippen MR) is 81.2 cm³/mol. The molecule has 0 radical (unpaired) electrons. The van der Waals surface area contributed by atoms with Crippen molar-refractivity contribution in [2.24, 2.45) is 0 Å². The molecule has 0 N–H and O–H groups in total. The average Bonchev–Trinajstić information content (AvgIpc) is 2.99. The highest BCUT2D eigenvalue weighted by atomic mass is 79.9. The maximum absolute atomic E-state index is 12.2. The second kappa shape index (κ2) is 4.43. The number of fused-ring (bicyclic) bond motifs is 3. The normalized spacial score (nSPS) is 21.1. The summed E-state index contributed by atoms with van der Waals surface area (Å²) in [5.74, 6) is 0.187. The summed E-state index contributed by atoms with van der Waals surface area (Å²) in [6.07, 6.45) is 0.593. The Labute approximate surface area is 125 Å². The number of carbonyl (C=O) groups is 1. The molecule has 100 valence electrons. The van der Waals surface area contributed by atoms with Crippen LogP contribution in [0.25, 0.3) is 0 Å². The molecule has 2 aromatic carbocycles. The number of hydrogen-bond acceptors (Lipinski definition) is 2. The first kappa shape index (κ1) is 12.1. The Balaban J connectivity index is 1.92. The molecule has 0 saturated carbocycles. The van der Waals surface area contributed by atoms with Crippen LogP contribution in [0.4, 0.5) is 5.69 Å². The molecule has 2 aliphatic heterocycles. The smallest absolute Gasteiger partial charge is 0.242 e. The van der Waals surface area contributed by atoms with E-state index in [-0.39, 0.29) is 11.9 Å². The highest BCUT2D eigenvalue weighted by Crippen LogP contribution is 2.47. The number of rotatable bonds is 1. The van der Waals surface area contributed by atoms with E-state index in [0.29, 0.717) is 6.42 Å². The van der Waals surface area contributed by atoms with Crippen molar-refractivity contribution >= 4 is 27.5 Å². The maximum Gasteiger partial charge on any atom is 0.242 e. The van der Waals surface area contributed by atoms with E-state index in [4.69, 9.17) is 0 Å². The number of benzene rings is 2. The Morgan fingerprint density at radius 2 is 1.70 bits per heavy atom. The Morgan fingerprint density at radius 3 is 2.50 bits per heavy atom. The van der Waals surface area contributed by atoms with Crippen molar-refractivity contribution < 1.29 is 4.79 Å². The highest BCUT2D eigenvalue weighted by molar-refractivity contribution is 9.10. The van der Waals surface area contributed by atoms with Crippen molar-refractivity contribution in [2.45, 2.75) is 12.5 Å². The van der Waals surface area contributed by atoms with Crippen LogP contribution in [-0.4, -0.2) is 17.5 Å². The zero-order chi connectivity index (χ0) is 13.7. The van der Waals surface area contributed by atoms with Gasteiger partial charge >= 0.3 is 0 Å². The van der Waals surface area contributed by atoms with Crippen LogP contribution in [-0.2, 0) is 4.79 Å². The number of carbonyl (C=O) groups excluding carboxylic acids is 1. The minimum absolute atomic E-state index is 0.119. The summed E-state index contributed by atoms with van der Waals surface area (Å²) in [4.78, 5) is 12.2. The number of anilines is 1. The third-order valence-electron chi connectivity index (χ3n) is 4.01. The number of hydrogen-bond donors (Lipinski definition) is 0. The van der Waals surface area contributed by atoms with Crippen LogP contribution in [0, 0.1) is 0 Å². The van der Waals surface area contributed by atoms with Gasteiger partial charge in [-0.25, -0.2) is 10.0 Å². The Bertz CT molecular complexity index is 700. The summed E-state index contributed by atoms with van der Waals surface area (Å²) < 4.78 is 1.08. The van der Waals surface area contributed by atoms with Gasteiger partial charge in [-0.15, -0.1) is 0 Å². The Hall–Kier alpha value is -1.65. The van der Waals surface area contributed by atoms with Crippen LogP contribution in [0.3, 0.4) is 0 Å². The van der Waals surface area contributed by atoms with Crippen LogP contribution in [0.1, 0.15) is 23.6 Å². The van der Waals surface area contributed by atoms with Gasteiger partial charge in [-0.3, -0.25) is 4.79 Å². The number of para-hydroxylation sites is 1. The molecule has 3 nitrogen and oxygen atoms in total. The molecule has 4 heteroatoms. The molecule has 4 rings (SSSR count). The average molecular weight is 329 g/mol. The maximum atomic E-state index is 12.2. The lowest BCUT2D eigenvalue weighted by Crippen LogP contribution is -2.36. The molecule has 1 atom stereocenters. The molecule has 0 spiro atoms. The minimum atomic E-state index is 0.119. The van der Waals surface area contributed by atoms with E-state index in [9.17, 15) is 4.79 Å². The zero-order valence-corrected chi connectivity index (χ0v) is 12.4. The van der Waals surface area contributed by atoms with E-state index < -0.39 is 0 Å². The molecule has 0 aliphatic carbocycles. The van der Waals surface area contributed by atoms with Gasteiger partial charge in [-0.2, -0.15) is 0 Å². The first-order valence-electron chi connectivity index (χ1n) is 6.70. The van der Waals surface area contributed by atoms with E-state index in [1.54, 1.807) is 0 Å². The van der Waals surface area contributed by atoms with Gasteiger partial charge in [0.1, 0.15) is 0 Å². The summed E-state index contributed by atoms with van der Waals surface area (Å²) in [6.45, 7) is 0.777. The fourth-order valence-electron chi connectivity index (χ4n) is 3.17. The zero-order valence-electron chi connectivity index (χ0n) is 10.8. The lowest BCUT2D eigenvalue weighted by Gasteiger charge is -2.26. The summed E-state index contributed by atoms with van der Waals surface area (Å²) in [5, 5.41) is 4.02. The second-order valence-corrected chi connectivity index (χ2v) is 5.96. The number of hydrazine groups is 1. The number of halogens is 1. The summed E-state index contributed by atoms with van der Waals surface area (Å²) in [5.41, 5.74) is 3.43. The van der Waals surface area contributed by atoms with Crippen molar-refractivity contribution in [3.63, 3.8) is 0 Å². The van der Waals surface area contributed by atoms with E-state index in [2.05, 4.69) is 39.1 Å². The first-order valence-corrected chi connectivity index (χ1v) is 7.49. The predicted octanol–water partition coefficient (Wildman–Crippen LogP) is 3.51. The standard InChI is InChI=1S/C16H13BrN2O/c17-13-7-3-1-5-11(13)16-12-6-2-4-8-14(12)19-15(20)9-10-18(16)19/h1-8,16H,9-10H2. The molecule has 2 aromatic rings. The van der Waals surface area contributed by atoms with Crippen molar-refractivity contribution in [1.29, 1.82) is 0 Å². The van der Waals surface area contributed by atoms with Gasteiger partial charge in [0.05, 0.1) is 11.7 Å². The van der Waals surface area contributed by atoms with Crippen molar-refractivity contribution in [2.75, 3.05) is 11.6 Å². The van der Waals surface area contributed by atoms with Gasteiger partial charge in [0.2, 0.25) is 5.91 Å². The summed E-state index contributed by atoms with van der Waals surface area (Å²) in [7, 11) is 0. The highest BCUT2D eigenvalue weighted by Gasteiger charge is 2.44. The van der Waals surface area contributed by atoms with Crippen molar-refractivity contribution in [3.05, 3.63) is 64.1 Å². The molecule has 0 aromatic heterocycles. The molecule has 1 unspecified atom stereocenters. The summed E-state index contributed by atoms with van der Waals surface area (Å²) in [6, 6.07) is 16.5. The number of nitrogens with zero attached hydrogens (tertiary/aromatic N) is 2. The lowest BCUT2D eigenvalue weighted by atomic mass is 9.98. The van der Waals surface area contributed by atoms with Gasteiger partial charge in [0.25, 0.3) is 0 Å². The lowest BCUT2D eigenvalue weighted by molar-refractivity contribution is -0.117. The van der Waals surface area contributed by atoms with Crippen LogP contribution >= 0.6 is 15.9 Å².